The van der Waals surface area contributed by atoms with Crippen molar-refractivity contribution in [1.82, 2.24) is 0 Å². The molecule has 0 aliphatic carbocycles. The van der Waals surface area contributed by atoms with E-state index in [0.717, 1.165) is 0 Å². The molecule has 0 aromatic carbocycles. The highest BCUT2D eigenvalue weighted by atomic mass is 19.4. The standard InChI is InChI=1S/C11H10F14/c1-3-4-6(14,15)8(17,18)10(21,22)9(19,20)7(16,5(2,12)13)11(23,24)25/h3-4H2,1-2H3. The lowest BCUT2D eigenvalue weighted by atomic mass is 9.82. The largest absolute Gasteiger partial charge is 0.434 e. The van der Waals surface area contributed by atoms with Crippen LogP contribution in [0.5, 0.6) is 0 Å². The highest BCUT2D eigenvalue weighted by Gasteiger charge is 2.93. The zero-order valence-electron chi connectivity index (χ0n) is 12.2. The Morgan fingerprint density at radius 2 is 0.920 bits per heavy atom. The molecule has 0 aliphatic heterocycles. The van der Waals surface area contributed by atoms with E-state index in [1.807, 2.05) is 0 Å². The third kappa shape index (κ3) is 3.13. The van der Waals surface area contributed by atoms with Crippen LogP contribution in [0.2, 0.25) is 0 Å². The fourth-order valence-electron chi connectivity index (χ4n) is 1.82. The van der Waals surface area contributed by atoms with Gasteiger partial charge in [-0.25, -0.2) is 13.2 Å². The summed E-state index contributed by atoms with van der Waals surface area (Å²) < 4.78 is 182. The molecule has 0 aromatic rings. The second-order valence-corrected chi connectivity index (χ2v) is 5.22. The summed E-state index contributed by atoms with van der Waals surface area (Å²) in [7, 11) is 0. The van der Waals surface area contributed by atoms with Gasteiger partial charge in [0.15, 0.2) is 0 Å². The van der Waals surface area contributed by atoms with Gasteiger partial charge >= 0.3 is 35.5 Å². The van der Waals surface area contributed by atoms with Crippen LogP contribution in [0.1, 0.15) is 26.7 Å². The maximum Gasteiger partial charge on any atom is 0.434 e. The minimum absolute atomic E-state index is 0.704. The average Bonchev–Trinajstić information content (AvgIpc) is 2.33. The van der Waals surface area contributed by atoms with Gasteiger partial charge in [0.1, 0.15) is 0 Å². The molecule has 0 saturated carbocycles. The summed E-state index contributed by atoms with van der Waals surface area (Å²) >= 11 is 0. The van der Waals surface area contributed by atoms with Crippen LogP contribution in [-0.4, -0.2) is 41.5 Å². The van der Waals surface area contributed by atoms with Crippen LogP contribution in [0, 0.1) is 0 Å². The van der Waals surface area contributed by atoms with E-state index in [-0.39, 0.29) is 0 Å². The first-order valence-electron chi connectivity index (χ1n) is 6.21. The van der Waals surface area contributed by atoms with Gasteiger partial charge in [-0.2, -0.15) is 48.3 Å². The summed E-state index contributed by atoms with van der Waals surface area (Å²) in [4.78, 5) is 0. The summed E-state index contributed by atoms with van der Waals surface area (Å²) in [6, 6.07) is 0. The van der Waals surface area contributed by atoms with Crippen molar-refractivity contribution in [1.29, 1.82) is 0 Å². The van der Waals surface area contributed by atoms with Crippen molar-refractivity contribution in [2.24, 2.45) is 0 Å². The van der Waals surface area contributed by atoms with E-state index < -0.39 is 61.2 Å². The number of halogens is 14. The van der Waals surface area contributed by atoms with E-state index >= 15 is 0 Å². The second kappa shape index (κ2) is 6.03. The number of rotatable bonds is 7. The molecule has 1 atom stereocenters. The van der Waals surface area contributed by atoms with Crippen molar-refractivity contribution >= 4 is 0 Å². The molecule has 14 heteroatoms. The quantitative estimate of drug-likeness (QED) is 0.437. The van der Waals surface area contributed by atoms with Crippen molar-refractivity contribution in [3.63, 3.8) is 0 Å². The van der Waals surface area contributed by atoms with Crippen LogP contribution in [0.15, 0.2) is 0 Å². The molecule has 0 aromatic heterocycles. The molecule has 0 nitrogen and oxygen atoms in total. The predicted molar refractivity (Wildman–Crippen MR) is 55.2 cm³/mol. The van der Waals surface area contributed by atoms with Gasteiger partial charge < -0.3 is 0 Å². The Labute approximate surface area is 131 Å². The molecule has 1 unspecified atom stereocenters. The molecule has 0 aliphatic rings. The molecule has 0 spiro atoms. The van der Waals surface area contributed by atoms with Gasteiger partial charge in [0.25, 0.3) is 5.92 Å². The van der Waals surface area contributed by atoms with E-state index in [9.17, 15) is 61.5 Å². The first kappa shape index (κ1) is 24.0. The van der Waals surface area contributed by atoms with Gasteiger partial charge in [0, 0.05) is 13.3 Å². The predicted octanol–water partition coefficient (Wildman–Crippen LogP) is 6.25. The summed E-state index contributed by atoms with van der Waals surface area (Å²) in [5.74, 6) is -35.5. The highest BCUT2D eigenvalue weighted by Crippen LogP contribution is 2.63. The summed E-state index contributed by atoms with van der Waals surface area (Å²) in [5.41, 5.74) is -7.55. The minimum atomic E-state index is -7.95. The van der Waals surface area contributed by atoms with Gasteiger partial charge in [-0.3, -0.25) is 0 Å². The fraction of sp³-hybridized carbons (Fsp3) is 1.00. The van der Waals surface area contributed by atoms with Gasteiger partial charge in [-0.1, -0.05) is 13.3 Å². The monoisotopic (exact) mass is 408 g/mol. The first-order valence-corrected chi connectivity index (χ1v) is 6.21. The maximum absolute atomic E-state index is 13.5. The molecule has 0 saturated heterocycles. The van der Waals surface area contributed by atoms with Crippen LogP contribution in [-0.2, 0) is 0 Å². The van der Waals surface area contributed by atoms with Crippen molar-refractivity contribution in [3.8, 4) is 0 Å². The zero-order valence-corrected chi connectivity index (χ0v) is 12.2. The smallest absolute Gasteiger partial charge is 0.220 e. The molecule has 0 rings (SSSR count). The third-order valence-corrected chi connectivity index (χ3v) is 3.24. The Bertz CT molecular complexity index is 454. The molecular formula is C11H10F14. The summed E-state index contributed by atoms with van der Waals surface area (Å²) in [5, 5.41) is 0. The molecule has 0 amide bonds. The van der Waals surface area contributed by atoms with Gasteiger partial charge in [-0.15, -0.1) is 0 Å². The minimum Gasteiger partial charge on any atom is -0.220 e. The van der Waals surface area contributed by atoms with E-state index in [1.165, 1.54) is 0 Å². The number of alkyl halides is 14. The van der Waals surface area contributed by atoms with Crippen molar-refractivity contribution in [3.05, 3.63) is 0 Å². The van der Waals surface area contributed by atoms with Crippen LogP contribution in [0.3, 0.4) is 0 Å². The van der Waals surface area contributed by atoms with E-state index in [0.29, 0.717) is 6.92 Å². The summed E-state index contributed by atoms with van der Waals surface area (Å²) in [6.07, 6.45) is -10.7. The van der Waals surface area contributed by atoms with Crippen molar-refractivity contribution < 1.29 is 61.5 Å². The number of hydrogen-bond donors (Lipinski definition) is 0. The average molecular weight is 408 g/mol. The lowest BCUT2D eigenvalue weighted by Gasteiger charge is -2.44. The molecule has 0 radical (unpaired) electrons. The summed E-state index contributed by atoms with van der Waals surface area (Å²) in [6.45, 7) is -0.525. The van der Waals surface area contributed by atoms with E-state index in [4.69, 9.17) is 0 Å². The Kier molecular flexibility index (Phi) is 5.79. The lowest BCUT2D eigenvalue weighted by Crippen LogP contribution is -2.75. The Morgan fingerprint density at radius 1 is 0.560 bits per heavy atom. The second-order valence-electron chi connectivity index (χ2n) is 5.22. The molecule has 25 heavy (non-hydrogen) atoms. The van der Waals surface area contributed by atoms with Crippen LogP contribution < -0.4 is 0 Å². The van der Waals surface area contributed by atoms with Gasteiger partial charge in [0.2, 0.25) is 0 Å². The lowest BCUT2D eigenvalue weighted by molar-refractivity contribution is -0.440. The number of hydrogen-bond acceptors (Lipinski definition) is 0. The van der Waals surface area contributed by atoms with Gasteiger partial charge in [-0.05, 0) is 0 Å². The van der Waals surface area contributed by atoms with Crippen LogP contribution in [0.4, 0.5) is 61.5 Å². The van der Waals surface area contributed by atoms with Crippen LogP contribution in [0.25, 0.3) is 0 Å². The van der Waals surface area contributed by atoms with E-state index in [2.05, 4.69) is 0 Å². The zero-order chi connectivity index (χ0) is 20.9. The van der Waals surface area contributed by atoms with Crippen molar-refractivity contribution in [2.45, 2.75) is 68.1 Å². The molecular weight excluding hydrogens is 398 g/mol. The van der Waals surface area contributed by atoms with E-state index in [1.54, 1.807) is 0 Å². The first-order chi connectivity index (χ1) is 10.6. The normalized spacial score (nSPS) is 18.2. The molecule has 0 fully saturated rings. The Hall–Kier alpha value is -0.980. The molecule has 152 valence electrons. The van der Waals surface area contributed by atoms with Gasteiger partial charge in [0.05, 0.1) is 0 Å². The third-order valence-electron chi connectivity index (χ3n) is 3.24. The Balaban J connectivity index is 6.64. The molecule has 0 heterocycles. The fourth-order valence-corrected chi connectivity index (χ4v) is 1.82. The van der Waals surface area contributed by atoms with Crippen molar-refractivity contribution in [2.75, 3.05) is 0 Å². The SMILES string of the molecule is CCCC(F)(F)C(F)(F)C(F)(F)C(F)(F)C(F)(C(C)(F)F)C(F)(F)F. The molecule has 0 N–H and O–H groups in total. The topological polar surface area (TPSA) is 0 Å². The molecule has 0 bridgehead atoms. The maximum atomic E-state index is 13.5. The Morgan fingerprint density at radius 3 is 1.16 bits per heavy atom. The highest BCUT2D eigenvalue weighted by molar-refractivity contribution is 5.17. The van der Waals surface area contributed by atoms with Crippen LogP contribution >= 0.6 is 0 Å².